The van der Waals surface area contributed by atoms with E-state index in [4.69, 9.17) is 14.5 Å². The summed E-state index contributed by atoms with van der Waals surface area (Å²) in [6.45, 7) is 10.2. The summed E-state index contributed by atoms with van der Waals surface area (Å²) in [4.78, 5) is 42.4. The fourth-order valence-corrected chi connectivity index (χ4v) is 4.08. The Hall–Kier alpha value is -3.23. The quantitative estimate of drug-likeness (QED) is 0.651. The van der Waals surface area contributed by atoms with Crippen LogP contribution in [0.4, 0.5) is 10.6 Å². The van der Waals surface area contributed by atoms with Gasteiger partial charge in [-0.05, 0) is 59.1 Å². The number of carbonyl (C=O) groups excluding carboxylic acids is 2. The summed E-state index contributed by atoms with van der Waals surface area (Å²) >= 11 is 0. The molecular weight excluding hydrogens is 422 g/mol. The number of esters is 1. The summed E-state index contributed by atoms with van der Waals surface area (Å²) < 4.78 is 10.7. The Labute approximate surface area is 194 Å². The Balaban J connectivity index is 1.46. The van der Waals surface area contributed by atoms with Gasteiger partial charge < -0.3 is 19.3 Å². The maximum atomic E-state index is 12.4. The number of carbonyl (C=O) groups is 2. The second-order valence-corrected chi connectivity index (χ2v) is 9.25. The zero-order chi connectivity index (χ0) is 23.6. The second-order valence-electron chi connectivity index (χ2n) is 9.25. The average Bonchev–Trinajstić information content (AvgIpc) is 3.26. The van der Waals surface area contributed by atoms with Gasteiger partial charge in [-0.15, -0.1) is 0 Å². The Bertz CT molecular complexity index is 1020. The number of pyridine rings is 1. The molecule has 0 N–H and O–H groups in total. The zero-order valence-electron chi connectivity index (χ0n) is 19.8. The minimum absolute atomic E-state index is 0.281. The van der Waals surface area contributed by atoms with Gasteiger partial charge in [0, 0.05) is 49.2 Å². The van der Waals surface area contributed by atoms with E-state index in [1.165, 1.54) is 0 Å². The fraction of sp³-hybridized carbons (Fsp3) is 0.542. The standard InChI is InChI=1S/C24H31N5O4/c1-5-32-22(30)20-17-7-6-8-18(17)26-21(27-20)16-9-10-19(25-15-16)28-11-13-29(14-12-28)23(31)33-24(2,3)4/h9-10,15H,5-8,11-14H2,1-4H3. The molecular formula is C24H31N5O4. The zero-order valence-corrected chi connectivity index (χ0v) is 19.8. The molecule has 3 heterocycles. The van der Waals surface area contributed by atoms with Crippen molar-refractivity contribution in [3.63, 3.8) is 0 Å². The van der Waals surface area contributed by atoms with Crippen LogP contribution in [0.2, 0.25) is 0 Å². The Morgan fingerprint density at radius 1 is 1.06 bits per heavy atom. The van der Waals surface area contributed by atoms with Crippen molar-refractivity contribution in [3.05, 3.63) is 35.3 Å². The minimum Gasteiger partial charge on any atom is -0.461 e. The predicted molar refractivity (Wildman–Crippen MR) is 123 cm³/mol. The van der Waals surface area contributed by atoms with Crippen LogP contribution in [0, 0.1) is 0 Å². The second kappa shape index (κ2) is 9.33. The number of fused-ring (bicyclic) bond motifs is 1. The van der Waals surface area contributed by atoms with Crippen molar-refractivity contribution in [1.82, 2.24) is 19.9 Å². The lowest BCUT2D eigenvalue weighted by molar-refractivity contribution is 0.0240. The Kier molecular flexibility index (Phi) is 6.49. The SMILES string of the molecule is CCOC(=O)c1nc(-c2ccc(N3CCN(C(=O)OC(C)(C)C)CC3)nc2)nc2c1CCC2. The van der Waals surface area contributed by atoms with Gasteiger partial charge in [-0.1, -0.05) is 0 Å². The summed E-state index contributed by atoms with van der Waals surface area (Å²) in [6, 6.07) is 3.85. The number of aryl methyl sites for hydroxylation is 1. The molecule has 4 rings (SSSR count). The normalized spacial score (nSPS) is 15.9. The first-order chi connectivity index (χ1) is 15.7. The molecule has 2 aromatic rings. The third kappa shape index (κ3) is 5.23. The molecule has 0 spiro atoms. The third-order valence-corrected chi connectivity index (χ3v) is 5.66. The number of hydrogen-bond donors (Lipinski definition) is 0. The first-order valence-corrected chi connectivity index (χ1v) is 11.5. The van der Waals surface area contributed by atoms with Crippen molar-refractivity contribution in [1.29, 1.82) is 0 Å². The van der Waals surface area contributed by atoms with Gasteiger partial charge in [0.05, 0.1) is 6.61 Å². The lowest BCUT2D eigenvalue weighted by atomic mass is 10.1. The van der Waals surface area contributed by atoms with Crippen molar-refractivity contribution in [2.75, 3.05) is 37.7 Å². The van der Waals surface area contributed by atoms with Gasteiger partial charge in [0.1, 0.15) is 11.4 Å². The van der Waals surface area contributed by atoms with E-state index in [0.29, 0.717) is 44.3 Å². The van der Waals surface area contributed by atoms with E-state index in [9.17, 15) is 9.59 Å². The number of rotatable bonds is 4. The molecule has 1 aliphatic carbocycles. The van der Waals surface area contributed by atoms with E-state index in [1.807, 2.05) is 32.9 Å². The van der Waals surface area contributed by atoms with Gasteiger partial charge in [0.2, 0.25) is 0 Å². The Morgan fingerprint density at radius 2 is 1.82 bits per heavy atom. The van der Waals surface area contributed by atoms with E-state index in [-0.39, 0.29) is 6.09 Å². The predicted octanol–water partition coefficient (Wildman–Crippen LogP) is 3.26. The molecule has 1 aliphatic heterocycles. The molecule has 9 nitrogen and oxygen atoms in total. The number of nitrogens with zero attached hydrogens (tertiary/aromatic N) is 5. The van der Waals surface area contributed by atoms with Crippen LogP contribution >= 0.6 is 0 Å². The van der Waals surface area contributed by atoms with Gasteiger partial charge in [0.15, 0.2) is 11.5 Å². The van der Waals surface area contributed by atoms with Gasteiger partial charge in [-0.25, -0.2) is 24.5 Å². The monoisotopic (exact) mass is 453 g/mol. The maximum Gasteiger partial charge on any atom is 0.410 e. The first-order valence-electron chi connectivity index (χ1n) is 11.5. The van der Waals surface area contributed by atoms with E-state index in [0.717, 1.165) is 41.9 Å². The largest absolute Gasteiger partial charge is 0.461 e. The highest BCUT2D eigenvalue weighted by atomic mass is 16.6. The molecule has 0 bridgehead atoms. The molecule has 0 radical (unpaired) electrons. The summed E-state index contributed by atoms with van der Waals surface area (Å²) in [5, 5.41) is 0. The van der Waals surface area contributed by atoms with Crippen LogP contribution < -0.4 is 4.90 Å². The van der Waals surface area contributed by atoms with Gasteiger partial charge >= 0.3 is 12.1 Å². The van der Waals surface area contributed by atoms with Crippen molar-refractivity contribution < 1.29 is 19.1 Å². The highest BCUT2D eigenvalue weighted by Crippen LogP contribution is 2.27. The first kappa shape index (κ1) is 22.9. The topological polar surface area (TPSA) is 97.8 Å². The summed E-state index contributed by atoms with van der Waals surface area (Å²) in [6.07, 6.45) is 4.06. The van der Waals surface area contributed by atoms with Crippen molar-refractivity contribution in [2.24, 2.45) is 0 Å². The van der Waals surface area contributed by atoms with Crippen LogP contribution in [0.25, 0.3) is 11.4 Å². The van der Waals surface area contributed by atoms with Crippen molar-refractivity contribution in [2.45, 2.75) is 52.6 Å². The molecule has 2 aromatic heterocycles. The lowest BCUT2D eigenvalue weighted by Crippen LogP contribution is -2.50. The smallest absolute Gasteiger partial charge is 0.410 e. The number of hydrogen-bond acceptors (Lipinski definition) is 8. The molecule has 1 amide bonds. The summed E-state index contributed by atoms with van der Waals surface area (Å²) in [5.41, 5.74) is 2.45. The Morgan fingerprint density at radius 3 is 2.45 bits per heavy atom. The van der Waals surface area contributed by atoms with Crippen LogP contribution in [0.1, 0.15) is 55.9 Å². The fourth-order valence-electron chi connectivity index (χ4n) is 4.08. The number of anilines is 1. The molecule has 2 aliphatic rings. The molecule has 0 saturated carbocycles. The van der Waals surface area contributed by atoms with Crippen LogP contribution in [-0.2, 0) is 22.3 Å². The van der Waals surface area contributed by atoms with E-state index < -0.39 is 11.6 Å². The lowest BCUT2D eigenvalue weighted by Gasteiger charge is -2.36. The van der Waals surface area contributed by atoms with Crippen LogP contribution in [-0.4, -0.2) is 70.3 Å². The molecule has 0 unspecified atom stereocenters. The molecule has 1 saturated heterocycles. The van der Waals surface area contributed by atoms with Crippen LogP contribution in [0.3, 0.4) is 0 Å². The van der Waals surface area contributed by atoms with Gasteiger partial charge in [-0.3, -0.25) is 0 Å². The number of aromatic nitrogens is 3. The number of piperazine rings is 1. The molecule has 1 fully saturated rings. The maximum absolute atomic E-state index is 12.4. The molecule has 0 aromatic carbocycles. The van der Waals surface area contributed by atoms with Gasteiger partial charge in [0.25, 0.3) is 0 Å². The van der Waals surface area contributed by atoms with E-state index in [2.05, 4.69) is 14.9 Å². The van der Waals surface area contributed by atoms with E-state index in [1.54, 1.807) is 18.0 Å². The molecule has 9 heteroatoms. The van der Waals surface area contributed by atoms with Gasteiger partial charge in [-0.2, -0.15) is 0 Å². The average molecular weight is 454 g/mol. The summed E-state index contributed by atoms with van der Waals surface area (Å²) in [7, 11) is 0. The highest BCUT2D eigenvalue weighted by molar-refractivity contribution is 5.90. The number of amides is 1. The highest BCUT2D eigenvalue weighted by Gasteiger charge is 2.27. The van der Waals surface area contributed by atoms with Crippen molar-refractivity contribution >= 4 is 17.9 Å². The van der Waals surface area contributed by atoms with E-state index >= 15 is 0 Å². The molecule has 176 valence electrons. The molecule has 0 atom stereocenters. The van der Waals surface area contributed by atoms with Crippen molar-refractivity contribution in [3.8, 4) is 11.4 Å². The van der Waals surface area contributed by atoms with Crippen LogP contribution in [0.15, 0.2) is 18.3 Å². The minimum atomic E-state index is -0.502. The van der Waals surface area contributed by atoms with Crippen LogP contribution in [0.5, 0.6) is 0 Å². The third-order valence-electron chi connectivity index (χ3n) is 5.66. The number of ether oxygens (including phenoxy) is 2. The molecule has 33 heavy (non-hydrogen) atoms. The summed E-state index contributed by atoms with van der Waals surface area (Å²) in [5.74, 6) is 0.925.